The van der Waals surface area contributed by atoms with Crippen molar-refractivity contribution in [2.24, 2.45) is 0 Å². The van der Waals surface area contributed by atoms with Gasteiger partial charge in [-0.15, -0.1) is 0 Å². The van der Waals surface area contributed by atoms with E-state index in [0.717, 1.165) is 28.3 Å². The Hall–Kier alpha value is -3.60. The summed E-state index contributed by atoms with van der Waals surface area (Å²) in [5.41, 5.74) is 4.03. The van der Waals surface area contributed by atoms with Gasteiger partial charge in [-0.2, -0.15) is 0 Å². The first-order valence-electron chi connectivity index (χ1n) is 8.99. The number of hydrogen-bond acceptors (Lipinski definition) is 4. The normalized spacial score (nSPS) is 10.6. The van der Waals surface area contributed by atoms with Crippen LogP contribution in [0.25, 0.3) is 6.08 Å². The van der Waals surface area contributed by atoms with Crippen LogP contribution in [0.4, 0.5) is 11.4 Å². The molecule has 0 atom stereocenters. The molecule has 1 N–H and O–H groups in total. The number of rotatable bonds is 7. The van der Waals surface area contributed by atoms with Gasteiger partial charge in [-0.3, -0.25) is 9.78 Å². The summed E-state index contributed by atoms with van der Waals surface area (Å²) in [5, 5.41) is 2.90. The number of amides is 1. The standard InChI is InChI=1S/C23H23N3O2/c1-26(21-13-15-24-16-14-21)20-10-7-18(8-11-20)17-25-23(27)12-9-19-5-3-4-6-22(19)28-2/h3-16H,17H2,1-2H3,(H,25,27). The van der Waals surface area contributed by atoms with Gasteiger partial charge in [0.25, 0.3) is 0 Å². The lowest BCUT2D eigenvalue weighted by molar-refractivity contribution is -0.116. The molecule has 3 rings (SSSR count). The summed E-state index contributed by atoms with van der Waals surface area (Å²) in [5.74, 6) is 0.587. The number of methoxy groups -OCH3 is 1. The van der Waals surface area contributed by atoms with Crippen LogP contribution in [0.3, 0.4) is 0 Å². The fourth-order valence-electron chi connectivity index (χ4n) is 2.77. The molecule has 0 aliphatic heterocycles. The quantitative estimate of drug-likeness (QED) is 0.631. The number of aromatic nitrogens is 1. The predicted octanol–water partition coefficient (Wildman–Crippen LogP) is 4.19. The van der Waals surface area contributed by atoms with Gasteiger partial charge in [0, 0.05) is 49.0 Å². The molecule has 3 aromatic rings. The largest absolute Gasteiger partial charge is 0.496 e. The van der Waals surface area contributed by atoms with E-state index in [9.17, 15) is 4.79 Å². The Bertz CT molecular complexity index is 938. The molecule has 28 heavy (non-hydrogen) atoms. The highest BCUT2D eigenvalue weighted by Crippen LogP contribution is 2.23. The number of ether oxygens (including phenoxy) is 1. The number of anilines is 2. The van der Waals surface area contributed by atoms with E-state index in [2.05, 4.69) is 15.2 Å². The molecule has 0 unspecified atom stereocenters. The number of carbonyl (C=O) groups excluding carboxylic acids is 1. The molecule has 1 aromatic heterocycles. The average Bonchev–Trinajstić information content (AvgIpc) is 2.77. The van der Waals surface area contributed by atoms with Gasteiger partial charge in [0.15, 0.2) is 0 Å². The van der Waals surface area contributed by atoms with Gasteiger partial charge in [-0.1, -0.05) is 30.3 Å². The summed E-state index contributed by atoms with van der Waals surface area (Å²) in [6.07, 6.45) is 6.81. The summed E-state index contributed by atoms with van der Waals surface area (Å²) >= 11 is 0. The van der Waals surface area contributed by atoms with Gasteiger partial charge in [-0.25, -0.2) is 0 Å². The maximum Gasteiger partial charge on any atom is 0.244 e. The summed E-state index contributed by atoms with van der Waals surface area (Å²) < 4.78 is 5.28. The number of nitrogens with zero attached hydrogens (tertiary/aromatic N) is 2. The van der Waals surface area contributed by atoms with Gasteiger partial charge < -0.3 is 15.0 Å². The Morgan fingerprint density at radius 1 is 1.04 bits per heavy atom. The number of carbonyl (C=O) groups is 1. The van der Waals surface area contributed by atoms with Gasteiger partial charge in [0.1, 0.15) is 5.75 Å². The van der Waals surface area contributed by atoms with Crippen molar-refractivity contribution in [2.45, 2.75) is 6.54 Å². The molecule has 1 heterocycles. The highest BCUT2D eigenvalue weighted by Gasteiger charge is 2.04. The van der Waals surface area contributed by atoms with Crippen molar-refractivity contribution in [1.82, 2.24) is 10.3 Å². The first-order chi connectivity index (χ1) is 13.7. The van der Waals surface area contributed by atoms with Crippen LogP contribution in [0.15, 0.2) is 79.1 Å². The molecule has 0 saturated heterocycles. The van der Waals surface area contributed by atoms with E-state index in [1.807, 2.05) is 67.7 Å². The molecule has 0 fully saturated rings. The molecule has 0 aliphatic carbocycles. The summed E-state index contributed by atoms with van der Waals surface area (Å²) in [6.45, 7) is 0.467. The minimum Gasteiger partial charge on any atom is -0.496 e. The van der Waals surface area contributed by atoms with Crippen molar-refractivity contribution in [3.8, 4) is 5.75 Å². The van der Waals surface area contributed by atoms with E-state index in [-0.39, 0.29) is 5.91 Å². The molecule has 1 amide bonds. The summed E-state index contributed by atoms with van der Waals surface area (Å²) in [7, 11) is 3.62. The van der Waals surface area contributed by atoms with Crippen LogP contribution in [0.2, 0.25) is 0 Å². The number of pyridine rings is 1. The molecule has 0 bridgehead atoms. The third-order valence-corrected chi connectivity index (χ3v) is 4.39. The van der Waals surface area contributed by atoms with Crippen molar-refractivity contribution >= 4 is 23.4 Å². The molecule has 0 radical (unpaired) electrons. The molecule has 0 saturated carbocycles. The molecule has 0 aliphatic rings. The highest BCUT2D eigenvalue weighted by atomic mass is 16.5. The highest BCUT2D eigenvalue weighted by molar-refractivity contribution is 5.92. The van der Waals surface area contributed by atoms with Crippen LogP contribution in [0, 0.1) is 0 Å². The van der Waals surface area contributed by atoms with Crippen molar-refractivity contribution < 1.29 is 9.53 Å². The van der Waals surface area contributed by atoms with Crippen LogP contribution in [0.1, 0.15) is 11.1 Å². The molecular weight excluding hydrogens is 350 g/mol. The lowest BCUT2D eigenvalue weighted by Gasteiger charge is -2.19. The SMILES string of the molecule is COc1ccccc1C=CC(=O)NCc1ccc(N(C)c2ccncc2)cc1. The van der Waals surface area contributed by atoms with E-state index in [1.165, 1.54) is 6.08 Å². The molecule has 142 valence electrons. The fraction of sp³-hybridized carbons (Fsp3) is 0.130. The second-order valence-electron chi connectivity index (χ2n) is 6.22. The number of para-hydroxylation sites is 1. The van der Waals surface area contributed by atoms with Crippen LogP contribution in [-0.2, 0) is 11.3 Å². The van der Waals surface area contributed by atoms with E-state index in [0.29, 0.717) is 6.54 Å². The molecule has 2 aromatic carbocycles. The fourth-order valence-corrected chi connectivity index (χ4v) is 2.77. The third kappa shape index (κ3) is 4.98. The maximum absolute atomic E-state index is 12.1. The van der Waals surface area contributed by atoms with E-state index >= 15 is 0 Å². The van der Waals surface area contributed by atoms with Crippen LogP contribution in [-0.4, -0.2) is 25.0 Å². The lowest BCUT2D eigenvalue weighted by atomic mass is 10.1. The Morgan fingerprint density at radius 2 is 1.71 bits per heavy atom. The number of nitrogens with one attached hydrogen (secondary N) is 1. The third-order valence-electron chi connectivity index (χ3n) is 4.39. The molecule has 5 nitrogen and oxygen atoms in total. The van der Waals surface area contributed by atoms with Crippen molar-refractivity contribution in [1.29, 1.82) is 0 Å². The van der Waals surface area contributed by atoms with Gasteiger partial charge in [-0.05, 0) is 42.0 Å². The maximum atomic E-state index is 12.1. The Kier molecular flexibility index (Phi) is 6.41. The minimum atomic E-state index is -0.149. The molecular formula is C23H23N3O2. The van der Waals surface area contributed by atoms with Crippen LogP contribution < -0.4 is 15.0 Å². The monoisotopic (exact) mass is 373 g/mol. The van der Waals surface area contributed by atoms with Crippen molar-refractivity contribution in [2.75, 3.05) is 19.1 Å². The minimum absolute atomic E-state index is 0.149. The van der Waals surface area contributed by atoms with Gasteiger partial charge in [0.05, 0.1) is 7.11 Å². The smallest absolute Gasteiger partial charge is 0.244 e. The zero-order valence-electron chi connectivity index (χ0n) is 16.0. The topological polar surface area (TPSA) is 54.5 Å². The number of benzene rings is 2. The van der Waals surface area contributed by atoms with Gasteiger partial charge in [0.2, 0.25) is 5.91 Å². The Labute approximate surface area is 165 Å². The number of hydrogen-bond donors (Lipinski definition) is 1. The lowest BCUT2D eigenvalue weighted by Crippen LogP contribution is -2.20. The second kappa shape index (κ2) is 9.37. The molecule has 5 heteroatoms. The molecule has 0 spiro atoms. The van der Waals surface area contributed by atoms with E-state index in [4.69, 9.17) is 4.74 Å². The van der Waals surface area contributed by atoms with Gasteiger partial charge >= 0.3 is 0 Å². The predicted molar refractivity (Wildman–Crippen MR) is 113 cm³/mol. The van der Waals surface area contributed by atoms with Crippen LogP contribution >= 0.6 is 0 Å². The first kappa shape index (κ1) is 19.2. The van der Waals surface area contributed by atoms with E-state index < -0.39 is 0 Å². The van der Waals surface area contributed by atoms with Crippen molar-refractivity contribution in [3.63, 3.8) is 0 Å². The second-order valence-corrected chi connectivity index (χ2v) is 6.22. The average molecular weight is 373 g/mol. The van der Waals surface area contributed by atoms with E-state index in [1.54, 1.807) is 25.6 Å². The zero-order chi connectivity index (χ0) is 19.8. The zero-order valence-corrected chi connectivity index (χ0v) is 16.0. The van der Waals surface area contributed by atoms with Crippen LogP contribution in [0.5, 0.6) is 5.75 Å². The van der Waals surface area contributed by atoms with Crippen molar-refractivity contribution in [3.05, 3.63) is 90.3 Å². The summed E-state index contributed by atoms with van der Waals surface area (Å²) in [4.78, 5) is 18.2. The first-order valence-corrected chi connectivity index (χ1v) is 8.99. The Balaban J connectivity index is 1.56. The Morgan fingerprint density at radius 3 is 2.43 bits per heavy atom. The summed E-state index contributed by atoms with van der Waals surface area (Å²) in [6, 6.07) is 19.6.